The number of fused-ring (bicyclic) bond motifs is 1. The Bertz CT molecular complexity index is 631. The van der Waals surface area contributed by atoms with E-state index in [2.05, 4.69) is 11.2 Å². The number of nitrogens with zero attached hydrogens (tertiary/aromatic N) is 1. The summed E-state index contributed by atoms with van der Waals surface area (Å²) >= 11 is 7.26. The first-order chi connectivity index (χ1) is 8.70. The second-order valence-corrected chi connectivity index (χ2v) is 6.29. The van der Waals surface area contributed by atoms with Gasteiger partial charge in [0.15, 0.2) is 4.77 Å². The lowest BCUT2D eigenvalue weighted by molar-refractivity contribution is 0.517. The van der Waals surface area contributed by atoms with E-state index in [9.17, 15) is 4.39 Å². The number of nitrogens with one attached hydrogen (secondary N) is 1. The zero-order chi connectivity index (χ0) is 12.7. The maximum Gasteiger partial charge on any atom is 0.178 e. The molecule has 0 bridgehead atoms. The molecule has 1 aliphatic rings. The van der Waals surface area contributed by atoms with Crippen LogP contribution in [0.1, 0.15) is 25.3 Å². The van der Waals surface area contributed by atoms with Gasteiger partial charge in [-0.1, -0.05) is 6.07 Å². The molecule has 0 radical (unpaired) electrons. The molecular weight excluding hydrogens is 267 g/mol. The van der Waals surface area contributed by atoms with Crippen molar-refractivity contribution in [2.24, 2.45) is 0 Å². The molecule has 0 aliphatic heterocycles. The summed E-state index contributed by atoms with van der Waals surface area (Å²) in [5, 5.41) is 0.675. The Morgan fingerprint density at radius 1 is 1.44 bits per heavy atom. The Morgan fingerprint density at radius 3 is 3.00 bits per heavy atom. The second kappa shape index (κ2) is 4.70. The lowest BCUT2D eigenvalue weighted by atomic mass is 10.2. The van der Waals surface area contributed by atoms with E-state index in [1.807, 2.05) is 22.4 Å². The van der Waals surface area contributed by atoms with Gasteiger partial charge in [0.1, 0.15) is 11.3 Å². The molecule has 1 saturated carbocycles. The number of H-pyrrole nitrogens is 1. The Hall–Kier alpha value is -0.810. The van der Waals surface area contributed by atoms with Crippen LogP contribution >= 0.6 is 24.0 Å². The molecular formula is C13H15FN2S2. The number of para-hydroxylation sites is 1. The third-order valence-corrected chi connectivity index (χ3v) is 5.14. The van der Waals surface area contributed by atoms with Gasteiger partial charge in [0.2, 0.25) is 0 Å². The first-order valence-electron chi connectivity index (χ1n) is 6.12. The zero-order valence-electron chi connectivity index (χ0n) is 10.1. The van der Waals surface area contributed by atoms with Crippen molar-refractivity contribution in [2.45, 2.75) is 30.6 Å². The second-order valence-electron chi connectivity index (χ2n) is 4.76. The molecule has 1 aliphatic carbocycles. The van der Waals surface area contributed by atoms with Crippen LogP contribution in [-0.4, -0.2) is 21.1 Å². The number of aromatic nitrogens is 2. The lowest BCUT2D eigenvalue weighted by Gasteiger charge is -2.13. The number of halogens is 1. The molecule has 0 amide bonds. The molecule has 96 valence electrons. The first-order valence-corrected chi connectivity index (χ1v) is 7.82. The van der Waals surface area contributed by atoms with Crippen LogP contribution in [0.5, 0.6) is 0 Å². The fourth-order valence-corrected chi connectivity index (χ4v) is 3.99. The van der Waals surface area contributed by atoms with Crippen molar-refractivity contribution in [3.8, 4) is 0 Å². The summed E-state index contributed by atoms with van der Waals surface area (Å²) < 4.78 is 16.6. The molecule has 2 nitrogen and oxygen atoms in total. The Balaban J connectivity index is 2.12. The molecule has 2 aromatic rings. The molecule has 1 heterocycles. The molecule has 18 heavy (non-hydrogen) atoms. The van der Waals surface area contributed by atoms with Crippen LogP contribution in [0, 0.1) is 10.6 Å². The van der Waals surface area contributed by atoms with E-state index in [-0.39, 0.29) is 5.82 Å². The smallest absolute Gasteiger partial charge is 0.178 e. The zero-order valence-corrected chi connectivity index (χ0v) is 11.8. The van der Waals surface area contributed by atoms with Crippen molar-refractivity contribution in [1.29, 1.82) is 0 Å². The third-order valence-electron chi connectivity index (χ3n) is 3.74. The molecule has 0 spiro atoms. The number of rotatable bonds is 2. The van der Waals surface area contributed by atoms with Crippen molar-refractivity contribution in [2.75, 3.05) is 6.26 Å². The number of thioether (sulfide) groups is 1. The van der Waals surface area contributed by atoms with Crippen molar-refractivity contribution >= 4 is 35.0 Å². The summed E-state index contributed by atoms with van der Waals surface area (Å²) in [6.45, 7) is 0. The van der Waals surface area contributed by atoms with Crippen LogP contribution in [-0.2, 0) is 0 Å². The molecule has 0 saturated heterocycles. The number of imidazole rings is 1. The Kier molecular flexibility index (Phi) is 3.20. The van der Waals surface area contributed by atoms with Crippen molar-refractivity contribution in [3.05, 3.63) is 28.8 Å². The van der Waals surface area contributed by atoms with Gasteiger partial charge in [-0.15, -0.1) is 0 Å². The summed E-state index contributed by atoms with van der Waals surface area (Å²) in [5.41, 5.74) is 1.43. The number of aromatic amines is 1. The first kappa shape index (κ1) is 12.2. The van der Waals surface area contributed by atoms with E-state index >= 15 is 0 Å². The fraction of sp³-hybridized carbons (Fsp3) is 0.462. The van der Waals surface area contributed by atoms with Gasteiger partial charge in [0, 0.05) is 11.3 Å². The average Bonchev–Trinajstić information content (AvgIpc) is 2.92. The van der Waals surface area contributed by atoms with Crippen LogP contribution in [0.15, 0.2) is 18.2 Å². The standard InChI is InChI=1S/C13H15FN2S2/c1-18-9-6-5-8(7-9)16-12-10(14)3-2-4-11(12)15-13(16)17/h2-4,8-9H,5-7H2,1H3,(H,15,17). The molecule has 1 aromatic heterocycles. The van der Waals surface area contributed by atoms with E-state index in [1.54, 1.807) is 6.07 Å². The van der Waals surface area contributed by atoms with Crippen LogP contribution in [0.3, 0.4) is 0 Å². The van der Waals surface area contributed by atoms with Gasteiger partial charge >= 0.3 is 0 Å². The van der Waals surface area contributed by atoms with Gasteiger partial charge in [-0.3, -0.25) is 0 Å². The highest BCUT2D eigenvalue weighted by Crippen LogP contribution is 2.38. The van der Waals surface area contributed by atoms with Crippen LogP contribution in [0.25, 0.3) is 11.0 Å². The molecule has 1 aromatic carbocycles. The SMILES string of the molecule is CSC1CCC(n2c(=S)[nH]c3cccc(F)c32)C1. The quantitative estimate of drug-likeness (QED) is 0.829. The van der Waals surface area contributed by atoms with Gasteiger partial charge < -0.3 is 9.55 Å². The van der Waals surface area contributed by atoms with E-state index in [0.717, 1.165) is 18.4 Å². The number of benzene rings is 1. The van der Waals surface area contributed by atoms with Gasteiger partial charge in [0.25, 0.3) is 0 Å². The van der Waals surface area contributed by atoms with Crippen LogP contribution < -0.4 is 0 Å². The minimum Gasteiger partial charge on any atom is -0.330 e. The molecule has 5 heteroatoms. The van der Waals surface area contributed by atoms with Gasteiger partial charge in [0.05, 0.1) is 5.52 Å². The summed E-state index contributed by atoms with van der Waals surface area (Å²) in [6, 6.07) is 5.43. The van der Waals surface area contributed by atoms with Crippen LogP contribution in [0.4, 0.5) is 4.39 Å². The summed E-state index contributed by atoms with van der Waals surface area (Å²) in [7, 11) is 0. The monoisotopic (exact) mass is 282 g/mol. The highest BCUT2D eigenvalue weighted by Gasteiger charge is 2.27. The van der Waals surface area contributed by atoms with Crippen LogP contribution in [0.2, 0.25) is 0 Å². The summed E-state index contributed by atoms with van der Waals surface area (Å²) in [4.78, 5) is 3.11. The third kappa shape index (κ3) is 1.89. The van der Waals surface area contributed by atoms with E-state index < -0.39 is 0 Å². The minimum absolute atomic E-state index is 0.188. The predicted octanol–water partition coefficient (Wildman–Crippen LogP) is 4.29. The van der Waals surface area contributed by atoms with E-state index in [0.29, 0.717) is 21.6 Å². The van der Waals surface area contributed by atoms with E-state index in [1.165, 1.54) is 12.5 Å². The maximum atomic E-state index is 14.0. The summed E-state index contributed by atoms with van der Waals surface area (Å²) in [5.74, 6) is -0.188. The van der Waals surface area contributed by atoms with E-state index in [4.69, 9.17) is 12.2 Å². The Morgan fingerprint density at radius 2 is 2.28 bits per heavy atom. The van der Waals surface area contributed by atoms with Crippen molar-refractivity contribution in [3.63, 3.8) is 0 Å². The van der Waals surface area contributed by atoms with Crippen molar-refractivity contribution < 1.29 is 4.39 Å². The minimum atomic E-state index is -0.188. The van der Waals surface area contributed by atoms with Gasteiger partial charge in [-0.25, -0.2) is 4.39 Å². The lowest BCUT2D eigenvalue weighted by Crippen LogP contribution is -2.07. The fourth-order valence-electron chi connectivity index (χ4n) is 2.85. The maximum absolute atomic E-state index is 14.0. The highest BCUT2D eigenvalue weighted by molar-refractivity contribution is 7.99. The van der Waals surface area contributed by atoms with Crippen molar-refractivity contribution in [1.82, 2.24) is 9.55 Å². The molecule has 2 unspecified atom stereocenters. The summed E-state index contributed by atoms with van der Waals surface area (Å²) in [6.07, 6.45) is 5.49. The molecule has 1 N–H and O–H groups in total. The molecule has 3 rings (SSSR count). The number of hydrogen-bond donors (Lipinski definition) is 1. The average molecular weight is 282 g/mol. The predicted molar refractivity (Wildman–Crippen MR) is 77.3 cm³/mol. The van der Waals surface area contributed by atoms with Gasteiger partial charge in [-0.05, 0) is 49.9 Å². The Labute approximate surface area is 115 Å². The number of hydrogen-bond acceptors (Lipinski definition) is 2. The highest BCUT2D eigenvalue weighted by atomic mass is 32.2. The topological polar surface area (TPSA) is 20.7 Å². The van der Waals surface area contributed by atoms with Gasteiger partial charge in [-0.2, -0.15) is 11.8 Å². The normalized spacial score (nSPS) is 23.9. The molecule has 1 fully saturated rings. The largest absolute Gasteiger partial charge is 0.330 e. The molecule has 2 atom stereocenters.